The molecule has 1 saturated carbocycles. The molecule has 1 aliphatic carbocycles. The molecular weight excluding hydrogens is 402 g/mol. The van der Waals surface area contributed by atoms with Crippen LogP contribution < -0.4 is 20.3 Å². The lowest BCUT2D eigenvalue weighted by Crippen LogP contribution is -2.37. The quantitative estimate of drug-likeness (QED) is 0.474. The van der Waals surface area contributed by atoms with E-state index in [1.54, 1.807) is 0 Å². The fourth-order valence-corrected chi connectivity index (χ4v) is 4.29. The molecule has 0 aliphatic heterocycles. The van der Waals surface area contributed by atoms with Crippen molar-refractivity contribution in [3.63, 3.8) is 0 Å². The molecule has 0 bridgehead atoms. The SMILES string of the molecule is CN(C)c1nc(NC2CCC(NCc3ccccc3OCCO)CC2)nc2ccccc12. The lowest BCUT2D eigenvalue weighted by atomic mass is 9.91. The third kappa shape index (κ3) is 5.47. The third-order valence-corrected chi connectivity index (χ3v) is 5.97. The van der Waals surface area contributed by atoms with Gasteiger partial charge in [0, 0.05) is 43.7 Å². The molecule has 1 aromatic heterocycles. The van der Waals surface area contributed by atoms with Crippen molar-refractivity contribution in [3.8, 4) is 5.75 Å². The Morgan fingerprint density at radius 1 is 0.969 bits per heavy atom. The molecule has 0 radical (unpaired) electrons. The van der Waals surface area contributed by atoms with Crippen molar-refractivity contribution >= 4 is 22.7 Å². The highest BCUT2D eigenvalue weighted by Crippen LogP contribution is 2.27. The number of nitrogens with one attached hydrogen (secondary N) is 2. The highest BCUT2D eigenvalue weighted by Gasteiger charge is 2.22. The van der Waals surface area contributed by atoms with Crippen LogP contribution in [-0.4, -0.2) is 54.5 Å². The normalized spacial score (nSPS) is 18.5. The maximum atomic E-state index is 9.02. The molecule has 1 aliphatic rings. The molecule has 0 amide bonds. The average molecular weight is 436 g/mol. The van der Waals surface area contributed by atoms with Crippen molar-refractivity contribution in [1.29, 1.82) is 0 Å². The highest BCUT2D eigenvalue weighted by molar-refractivity contribution is 5.90. The molecule has 0 spiro atoms. The highest BCUT2D eigenvalue weighted by atomic mass is 16.5. The molecule has 170 valence electrons. The van der Waals surface area contributed by atoms with Gasteiger partial charge in [0.2, 0.25) is 5.95 Å². The summed E-state index contributed by atoms with van der Waals surface area (Å²) in [6.07, 6.45) is 4.36. The molecule has 3 aromatic rings. The van der Waals surface area contributed by atoms with Gasteiger partial charge in [0.15, 0.2) is 0 Å². The Hall–Kier alpha value is -2.90. The van der Waals surface area contributed by atoms with Crippen LogP contribution in [0.15, 0.2) is 48.5 Å². The Bertz CT molecular complexity index is 1020. The second kappa shape index (κ2) is 10.6. The van der Waals surface area contributed by atoms with E-state index < -0.39 is 0 Å². The van der Waals surface area contributed by atoms with Crippen molar-refractivity contribution in [1.82, 2.24) is 15.3 Å². The number of hydrogen-bond donors (Lipinski definition) is 3. The largest absolute Gasteiger partial charge is 0.491 e. The molecule has 3 N–H and O–H groups in total. The summed E-state index contributed by atoms with van der Waals surface area (Å²) in [5.41, 5.74) is 2.09. The van der Waals surface area contributed by atoms with Crippen LogP contribution in [0.3, 0.4) is 0 Å². The Labute approximate surface area is 189 Å². The molecule has 0 saturated heterocycles. The van der Waals surface area contributed by atoms with E-state index in [2.05, 4.69) is 22.8 Å². The topological polar surface area (TPSA) is 82.5 Å². The summed E-state index contributed by atoms with van der Waals surface area (Å²) in [4.78, 5) is 11.6. The van der Waals surface area contributed by atoms with Gasteiger partial charge in [-0.3, -0.25) is 0 Å². The number of aliphatic hydroxyl groups is 1. The number of fused-ring (bicyclic) bond motifs is 1. The molecule has 1 fully saturated rings. The summed E-state index contributed by atoms with van der Waals surface area (Å²) in [6, 6.07) is 17.0. The minimum Gasteiger partial charge on any atom is -0.491 e. The van der Waals surface area contributed by atoms with Gasteiger partial charge >= 0.3 is 0 Å². The first-order valence-corrected chi connectivity index (χ1v) is 11.4. The Balaban J connectivity index is 1.32. The number of hydrogen-bond acceptors (Lipinski definition) is 7. The van der Waals surface area contributed by atoms with Gasteiger partial charge in [-0.1, -0.05) is 30.3 Å². The van der Waals surface area contributed by atoms with Crippen LogP contribution in [0.1, 0.15) is 31.2 Å². The second-order valence-electron chi connectivity index (χ2n) is 8.54. The third-order valence-electron chi connectivity index (χ3n) is 5.97. The van der Waals surface area contributed by atoms with Crippen molar-refractivity contribution < 1.29 is 9.84 Å². The van der Waals surface area contributed by atoms with Gasteiger partial charge in [0.25, 0.3) is 0 Å². The van der Waals surface area contributed by atoms with E-state index >= 15 is 0 Å². The summed E-state index contributed by atoms with van der Waals surface area (Å²) < 4.78 is 5.65. The van der Waals surface area contributed by atoms with Gasteiger partial charge in [0.1, 0.15) is 18.2 Å². The molecule has 7 nitrogen and oxygen atoms in total. The van der Waals surface area contributed by atoms with Crippen LogP contribution in [0, 0.1) is 0 Å². The van der Waals surface area contributed by atoms with Crippen LogP contribution in [0.4, 0.5) is 11.8 Å². The maximum Gasteiger partial charge on any atom is 0.225 e. The van der Waals surface area contributed by atoms with Crippen molar-refractivity contribution in [2.75, 3.05) is 37.5 Å². The fourth-order valence-electron chi connectivity index (χ4n) is 4.29. The van der Waals surface area contributed by atoms with Crippen molar-refractivity contribution in [3.05, 3.63) is 54.1 Å². The number of rotatable bonds is 9. The first kappa shape index (κ1) is 22.3. The van der Waals surface area contributed by atoms with E-state index in [1.807, 2.05) is 55.4 Å². The minimum atomic E-state index is 0.0235. The van der Waals surface area contributed by atoms with Gasteiger partial charge in [0.05, 0.1) is 12.1 Å². The van der Waals surface area contributed by atoms with E-state index in [1.165, 1.54) is 0 Å². The van der Waals surface area contributed by atoms with Gasteiger partial charge < -0.3 is 25.4 Å². The summed E-state index contributed by atoms with van der Waals surface area (Å²) in [5, 5.41) is 17.3. The number of ether oxygens (including phenoxy) is 1. The Kier molecular flexibility index (Phi) is 7.39. The Morgan fingerprint density at radius 2 is 1.69 bits per heavy atom. The molecular formula is C25H33N5O2. The van der Waals surface area contributed by atoms with Gasteiger partial charge in [-0.2, -0.15) is 4.98 Å². The lowest BCUT2D eigenvalue weighted by Gasteiger charge is -2.30. The van der Waals surface area contributed by atoms with Crippen molar-refractivity contribution in [2.24, 2.45) is 0 Å². The number of nitrogens with zero attached hydrogens (tertiary/aromatic N) is 3. The molecule has 0 atom stereocenters. The zero-order valence-corrected chi connectivity index (χ0v) is 18.9. The van der Waals surface area contributed by atoms with E-state index in [0.29, 0.717) is 24.6 Å². The lowest BCUT2D eigenvalue weighted by molar-refractivity contribution is 0.200. The summed E-state index contributed by atoms with van der Waals surface area (Å²) in [7, 11) is 4.03. The predicted octanol–water partition coefficient (Wildman–Crippen LogP) is 3.58. The Morgan fingerprint density at radius 3 is 2.47 bits per heavy atom. The zero-order valence-electron chi connectivity index (χ0n) is 18.9. The first-order valence-electron chi connectivity index (χ1n) is 11.4. The first-order chi connectivity index (χ1) is 15.6. The maximum absolute atomic E-state index is 9.02. The number of aliphatic hydroxyl groups excluding tert-OH is 1. The molecule has 2 aromatic carbocycles. The van der Waals surface area contributed by atoms with Gasteiger partial charge in [-0.25, -0.2) is 4.98 Å². The van der Waals surface area contributed by atoms with Crippen LogP contribution in [0.2, 0.25) is 0 Å². The fraction of sp³-hybridized carbons (Fsp3) is 0.440. The molecule has 1 heterocycles. The summed E-state index contributed by atoms with van der Waals surface area (Å²) in [5.74, 6) is 2.49. The second-order valence-corrected chi connectivity index (χ2v) is 8.54. The summed E-state index contributed by atoms with van der Waals surface area (Å²) >= 11 is 0. The average Bonchev–Trinajstić information content (AvgIpc) is 2.82. The van der Waals surface area contributed by atoms with Crippen LogP contribution in [-0.2, 0) is 6.54 Å². The smallest absolute Gasteiger partial charge is 0.225 e. The monoisotopic (exact) mass is 435 g/mol. The zero-order chi connectivity index (χ0) is 22.3. The number of para-hydroxylation sites is 2. The van der Waals surface area contributed by atoms with Crippen LogP contribution in [0.5, 0.6) is 5.75 Å². The molecule has 7 heteroatoms. The minimum absolute atomic E-state index is 0.0235. The van der Waals surface area contributed by atoms with E-state index in [9.17, 15) is 0 Å². The number of aromatic nitrogens is 2. The molecule has 32 heavy (non-hydrogen) atoms. The van der Waals surface area contributed by atoms with Crippen LogP contribution in [0.25, 0.3) is 10.9 Å². The van der Waals surface area contributed by atoms with Crippen LogP contribution >= 0.6 is 0 Å². The van der Waals surface area contributed by atoms with Gasteiger partial charge in [-0.15, -0.1) is 0 Å². The van der Waals surface area contributed by atoms with E-state index in [4.69, 9.17) is 19.8 Å². The van der Waals surface area contributed by atoms with Crippen molar-refractivity contribution in [2.45, 2.75) is 44.3 Å². The predicted molar refractivity (Wildman–Crippen MR) is 129 cm³/mol. The van der Waals surface area contributed by atoms with E-state index in [-0.39, 0.29) is 6.61 Å². The standard InChI is InChI=1S/C25H33N5O2/c1-30(2)24-21-8-4-5-9-22(21)28-25(29-24)27-20-13-11-19(12-14-20)26-17-18-7-3-6-10-23(18)32-16-15-31/h3-10,19-20,26,31H,11-17H2,1-2H3,(H,27,28,29). The number of benzene rings is 2. The summed E-state index contributed by atoms with van der Waals surface area (Å²) in [6.45, 7) is 1.11. The van der Waals surface area contributed by atoms with Gasteiger partial charge in [-0.05, 0) is 43.9 Å². The number of anilines is 2. The van der Waals surface area contributed by atoms with E-state index in [0.717, 1.165) is 60.3 Å². The molecule has 4 rings (SSSR count). The molecule has 0 unspecified atom stereocenters.